The molecule has 4 rings (SSSR count). The van der Waals surface area contributed by atoms with Crippen LogP contribution in [0.15, 0.2) is 60.0 Å². The van der Waals surface area contributed by atoms with Gasteiger partial charge >= 0.3 is 0 Å². The SMILES string of the molecule is CSCCCN1CCC(c2nc(C(=O)Nc3ccccc3-c3ccccc3)cs2)CC1. The number of carbonyl (C=O) groups is 1. The highest BCUT2D eigenvalue weighted by molar-refractivity contribution is 7.98. The first-order valence-electron chi connectivity index (χ1n) is 10.9. The second-order valence-electron chi connectivity index (χ2n) is 7.90. The van der Waals surface area contributed by atoms with E-state index in [0.717, 1.165) is 47.8 Å². The average molecular weight is 452 g/mol. The van der Waals surface area contributed by atoms with E-state index < -0.39 is 0 Å². The quantitative estimate of drug-likeness (QED) is 0.427. The summed E-state index contributed by atoms with van der Waals surface area (Å²) in [6.45, 7) is 3.45. The fourth-order valence-corrected chi connectivity index (χ4v) is 5.45. The second kappa shape index (κ2) is 10.9. The summed E-state index contributed by atoms with van der Waals surface area (Å²) in [7, 11) is 0. The van der Waals surface area contributed by atoms with Crippen molar-refractivity contribution in [3.8, 4) is 11.1 Å². The Morgan fingerprint density at radius 1 is 1.13 bits per heavy atom. The predicted molar refractivity (Wildman–Crippen MR) is 133 cm³/mol. The normalized spacial score (nSPS) is 15.1. The number of amides is 1. The van der Waals surface area contributed by atoms with Crippen molar-refractivity contribution in [2.45, 2.75) is 25.2 Å². The maximum absolute atomic E-state index is 12.9. The van der Waals surface area contributed by atoms with Crippen molar-refractivity contribution in [2.24, 2.45) is 0 Å². The average Bonchev–Trinajstić information content (AvgIpc) is 3.31. The summed E-state index contributed by atoms with van der Waals surface area (Å²) in [6.07, 6.45) is 5.69. The molecule has 162 valence electrons. The summed E-state index contributed by atoms with van der Waals surface area (Å²) in [5, 5.41) is 6.08. The van der Waals surface area contributed by atoms with Crippen molar-refractivity contribution >= 4 is 34.7 Å². The van der Waals surface area contributed by atoms with E-state index in [2.05, 4.69) is 28.6 Å². The van der Waals surface area contributed by atoms with Crippen LogP contribution >= 0.6 is 23.1 Å². The van der Waals surface area contributed by atoms with E-state index >= 15 is 0 Å². The molecule has 1 aliphatic heterocycles. The Bertz CT molecular complexity index is 981. The lowest BCUT2D eigenvalue weighted by molar-refractivity contribution is 0.102. The van der Waals surface area contributed by atoms with Gasteiger partial charge < -0.3 is 10.2 Å². The van der Waals surface area contributed by atoms with Crippen LogP contribution in [0.3, 0.4) is 0 Å². The molecule has 6 heteroatoms. The highest BCUT2D eigenvalue weighted by atomic mass is 32.2. The Labute approximate surface area is 193 Å². The van der Waals surface area contributed by atoms with Gasteiger partial charge in [-0.3, -0.25) is 4.79 Å². The molecular weight excluding hydrogens is 422 g/mol. The summed E-state index contributed by atoms with van der Waals surface area (Å²) in [5.41, 5.74) is 3.43. The molecule has 0 radical (unpaired) electrons. The van der Waals surface area contributed by atoms with Gasteiger partial charge in [-0.05, 0) is 62.5 Å². The first kappa shape index (κ1) is 22.1. The number of rotatable bonds is 8. The number of hydrogen-bond acceptors (Lipinski definition) is 5. The largest absolute Gasteiger partial charge is 0.320 e. The standard InChI is InChI=1S/C25H29N3OS2/c1-30-17-7-14-28-15-12-20(13-16-28)25-27-23(18-31-25)24(29)26-22-11-6-5-10-21(22)19-8-3-2-4-9-19/h2-6,8-11,18,20H,7,12-17H2,1H3,(H,26,29). The van der Waals surface area contributed by atoms with E-state index in [-0.39, 0.29) is 5.91 Å². The third-order valence-corrected chi connectivity index (χ3v) is 7.48. The number of aromatic nitrogens is 1. The van der Waals surface area contributed by atoms with E-state index in [1.165, 1.54) is 18.7 Å². The lowest BCUT2D eigenvalue weighted by Gasteiger charge is -2.30. The number of anilines is 1. The summed E-state index contributed by atoms with van der Waals surface area (Å²) >= 11 is 3.54. The van der Waals surface area contributed by atoms with Gasteiger partial charge in [-0.1, -0.05) is 48.5 Å². The number of benzene rings is 2. The van der Waals surface area contributed by atoms with Gasteiger partial charge in [0.1, 0.15) is 5.69 Å². The molecule has 1 N–H and O–H groups in total. The molecule has 2 heterocycles. The van der Waals surface area contributed by atoms with Crippen LogP contribution in [-0.4, -0.2) is 47.4 Å². The van der Waals surface area contributed by atoms with Crippen LogP contribution in [-0.2, 0) is 0 Å². The van der Waals surface area contributed by atoms with Crippen LogP contribution in [0, 0.1) is 0 Å². The molecule has 2 aromatic carbocycles. The maximum Gasteiger partial charge on any atom is 0.275 e. The number of nitrogens with zero attached hydrogens (tertiary/aromatic N) is 2. The third kappa shape index (κ3) is 5.76. The lowest BCUT2D eigenvalue weighted by atomic mass is 9.97. The second-order valence-corrected chi connectivity index (χ2v) is 9.77. The van der Waals surface area contributed by atoms with Crippen LogP contribution in [0.5, 0.6) is 0 Å². The van der Waals surface area contributed by atoms with Crippen molar-refractivity contribution in [1.82, 2.24) is 9.88 Å². The Hall–Kier alpha value is -2.15. The molecule has 0 aliphatic carbocycles. The van der Waals surface area contributed by atoms with Gasteiger partial charge in [-0.15, -0.1) is 11.3 Å². The number of hydrogen-bond donors (Lipinski definition) is 1. The molecule has 0 spiro atoms. The van der Waals surface area contributed by atoms with Crippen LogP contribution in [0.25, 0.3) is 11.1 Å². The van der Waals surface area contributed by atoms with Crippen LogP contribution in [0.1, 0.15) is 40.7 Å². The topological polar surface area (TPSA) is 45.2 Å². The summed E-state index contributed by atoms with van der Waals surface area (Å²) in [6, 6.07) is 18.0. The smallest absolute Gasteiger partial charge is 0.275 e. The molecule has 1 fully saturated rings. The highest BCUT2D eigenvalue weighted by Gasteiger charge is 2.24. The maximum atomic E-state index is 12.9. The summed E-state index contributed by atoms with van der Waals surface area (Å²) < 4.78 is 0. The third-order valence-electron chi connectivity index (χ3n) is 5.77. The predicted octanol–water partition coefficient (Wildman–Crippen LogP) is 5.99. The van der Waals surface area contributed by atoms with Crippen molar-refractivity contribution in [2.75, 3.05) is 37.0 Å². The first-order chi connectivity index (χ1) is 15.2. The molecule has 4 nitrogen and oxygen atoms in total. The molecule has 1 saturated heterocycles. The van der Waals surface area contributed by atoms with Crippen molar-refractivity contribution in [3.63, 3.8) is 0 Å². The van der Waals surface area contributed by atoms with Crippen molar-refractivity contribution < 1.29 is 4.79 Å². The Morgan fingerprint density at radius 2 is 1.87 bits per heavy atom. The molecule has 0 atom stereocenters. The Morgan fingerprint density at radius 3 is 2.65 bits per heavy atom. The number of thiazole rings is 1. The monoisotopic (exact) mass is 451 g/mol. The molecule has 31 heavy (non-hydrogen) atoms. The van der Waals surface area contributed by atoms with E-state index in [9.17, 15) is 4.79 Å². The number of piperidine rings is 1. The van der Waals surface area contributed by atoms with Gasteiger partial charge in [0.2, 0.25) is 0 Å². The number of para-hydroxylation sites is 1. The first-order valence-corrected chi connectivity index (χ1v) is 13.1. The molecule has 1 amide bonds. The Kier molecular flexibility index (Phi) is 7.78. The minimum absolute atomic E-state index is 0.139. The van der Waals surface area contributed by atoms with E-state index in [1.807, 2.05) is 59.6 Å². The zero-order valence-corrected chi connectivity index (χ0v) is 19.6. The van der Waals surface area contributed by atoms with E-state index in [1.54, 1.807) is 11.3 Å². The Balaban J connectivity index is 1.38. The minimum Gasteiger partial charge on any atom is -0.320 e. The van der Waals surface area contributed by atoms with Gasteiger partial charge in [0.25, 0.3) is 5.91 Å². The van der Waals surface area contributed by atoms with Crippen LogP contribution in [0.4, 0.5) is 5.69 Å². The van der Waals surface area contributed by atoms with Crippen LogP contribution in [0.2, 0.25) is 0 Å². The lowest BCUT2D eigenvalue weighted by Crippen LogP contribution is -2.33. The molecule has 1 aliphatic rings. The van der Waals surface area contributed by atoms with E-state index in [0.29, 0.717) is 11.6 Å². The number of carbonyl (C=O) groups excluding carboxylic acids is 1. The number of thioether (sulfide) groups is 1. The van der Waals surface area contributed by atoms with Crippen molar-refractivity contribution in [3.05, 3.63) is 70.7 Å². The fraction of sp³-hybridized carbons (Fsp3) is 0.360. The van der Waals surface area contributed by atoms with Crippen molar-refractivity contribution in [1.29, 1.82) is 0 Å². The molecule has 0 saturated carbocycles. The summed E-state index contributed by atoms with van der Waals surface area (Å²) in [4.78, 5) is 20.2. The molecular formula is C25H29N3OS2. The summed E-state index contributed by atoms with van der Waals surface area (Å²) in [5.74, 6) is 1.57. The molecule has 1 aromatic heterocycles. The minimum atomic E-state index is -0.139. The molecule has 0 bridgehead atoms. The van der Waals surface area contributed by atoms with Gasteiger partial charge in [-0.25, -0.2) is 4.98 Å². The number of likely N-dealkylation sites (tertiary alicyclic amines) is 1. The van der Waals surface area contributed by atoms with Gasteiger partial charge in [0.15, 0.2) is 0 Å². The van der Waals surface area contributed by atoms with Gasteiger partial charge in [-0.2, -0.15) is 11.8 Å². The highest BCUT2D eigenvalue weighted by Crippen LogP contribution is 2.31. The van der Waals surface area contributed by atoms with Gasteiger partial charge in [0, 0.05) is 22.5 Å². The fourth-order valence-electron chi connectivity index (χ4n) is 4.06. The van der Waals surface area contributed by atoms with E-state index in [4.69, 9.17) is 4.98 Å². The zero-order chi connectivity index (χ0) is 21.5. The number of nitrogens with one attached hydrogen (secondary N) is 1. The zero-order valence-electron chi connectivity index (χ0n) is 17.9. The molecule has 0 unspecified atom stereocenters. The van der Waals surface area contributed by atoms with Gasteiger partial charge in [0.05, 0.1) is 5.01 Å². The van der Waals surface area contributed by atoms with Crippen LogP contribution < -0.4 is 5.32 Å². The molecule has 3 aromatic rings.